The highest BCUT2D eigenvalue weighted by Crippen LogP contribution is 2.23. The number of hydrogen-bond donors (Lipinski definition) is 2. The van der Waals surface area contributed by atoms with Crippen LogP contribution in [0.15, 0.2) is 22.7 Å². The first-order valence-electron chi connectivity index (χ1n) is 6.18. The number of carbonyl (C=O) groups is 2. The largest absolute Gasteiger partial charge is 0.481 e. The summed E-state index contributed by atoms with van der Waals surface area (Å²) in [6.07, 6.45) is 0.763. The Morgan fingerprint density at radius 3 is 2.90 bits per heavy atom. The van der Waals surface area contributed by atoms with Crippen LogP contribution in [0.2, 0.25) is 0 Å². The third-order valence-electron chi connectivity index (χ3n) is 3.21. The van der Waals surface area contributed by atoms with Crippen molar-refractivity contribution in [1.29, 1.82) is 0 Å². The summed E-state index contributed by atoms with van der Waals surface area (Å²) in [7, 11) is 0. The van der Waals surface area contributed by atoms with Crippen LogP contribution in [0.1, 0.15) is 12.8 Å². The van der Waals surface area contributed by atoms with Crippen LogP contribution in [0, 0.1) is 11.7 Å². The van der Waals surface area contributed by atoms with Crippen LogP contribution in [0.5, 0.6) is 0 Å². The molecule has 1 unspecified atom stereocenters. The Kier molecular flexibility index (Phi) is 4.59. The number of carboxylic acid groups (broad SMARTS) is 1. The highest BCUT2D eigenvalue weighted by atomic mass is 79.9. The third-order valence-corrected chi connectivity index (χ3v) is 3.81. The lowest BCUT2D eigenvalue weighted by molar-refractivity contribution is -0.138. The van der Waals surface area contributed by atoms with Crippen molar-refractivity contribution >= 4 is 33.6 Å². The van der Waals surface area contributed by atoms with Gasteiger partial charge in [-0.3, -0.25) is 4.79 Å². The fourth-order valence-electron chi connectivity index (χ4n) is 2.21. The summed E-state index contributed by atoms with van der Waals surface area (Å²) >= 11 is 3.05. The van der Waals surface area contributed by atoms with Crippen molar-refractivity contribution < 1.29 is 19.1 Å². The number of halogens is 2. The maximum Gasteiger partial charge on any atom is 0.321 e. The minimum atomic E-state index is -0.847. The lowest BCUT2D eigenvalue weighted by atomic mass is 10.1. The molecule has 20 heavy (non-hydrogen) atoms. The monoisotopic (exact) mass is 344 g/mol. The summed E-state index contributed by atoms with van der Waals surface area (Å²) in [4.78, 5) is 24.2. The van der Waals surface area contributed by atoms with E-state index < -0.39 is 11.8 Å². The van der Waals surface area contributed by atoms with Gasteiger partial charge in [-0.05, 0) is 46.5 Å². The lowest BCUT2D eigenvalue weighted by Crippen LogP contribution is -2.33. The van der Waals surface area contributed by atoms with Crippen molar-refractivity contribution in [3.63, 3.8) is 0 Å². The van der Waals surface area contributed by atoms with Crippen molar-refractivity contribution in [3.8, 4) is 0 Å². The third kappa shape index (κ3) is 3.69. The van der Waals surface area contributed by atoms with Gasteiger partial charge in [-0.2, -0.15) is 0 Å². The average molecular weight is 345 g/mol. The van der Waals surface area contributed by atoms with E-state index in [1.165, 1.54) is 18.2 Å². The van der Waals surface area contributed by atoms with Crippen LogP contribution >= 0.6 is 15.9 Å². The van der Waals surface area contributed by atoms with Crippen LogP contribution in [0.25, 0.3) is 0 Å². The van der Waals surface area contributed by atoms with Crippen LogP contribution in [0.3, 0.4) is 0 Å². The number of benzene rings is 1. The molecular formula is C13H14BrFN2O3. The number of carboxylic acids is 1. The smallest absolute Gasteiger partial charge is 0.321 e. The molecular weight excluding hydrogens is 331 g/mol. The molecule has 0 aromatic heterocycles. The van der Waals surface area contributed by atoms with Gasteiger partial charge in [0.2, 0.25) is 0 Å². The van der Waals surface area contributed by atoms with E-state index in [1.54, 1.807) is 4.90 Å². The SMILES string of the molecule is O=C(O)CC1CCN(C(=O)Nc2ccc(F)c(Br)c2)C1. The van der Waals surface area contributed by atoms with Gasteiger partial charge in [-0.25, -0.2) is 9.18 Å². The predicted octanol–water partition coefficient (Wildman–Crippen LogP) is 2.92. The number of urea groups is 1. The second kappa shape index (κ2) is 6.21. The topological polar surface area (TPSA) is 69.6 Å². The predicted molar refractivity (Wildman–Crippen MR) is 75.1 cm³/mol. The van der Waals surface area contributed by atoms with E-state index in [4.69, 9.17) is 5.11 Å². The van der Waals surface area contributed by atoms with Crippen LogP contribution in [-0.2, 0) is 4.79 Å². The molecule has 108 valence electrons. The number of rotatable bonds is 3. The second-order valence-corrected chi connectivity index (χ2v) is 5.61. The van der Waals surface area contributed by atoms with E-state index in [9.17, 15) is 14.0 Å². The molecule has 0 radical (unpaired) electrons. The molecule has 2 amide bonds. The number of nitrogens with one attached hydrogen (secondary N) is 1. The number of carbonyl (C=O) groups excluding carboxylic acids is 1. The van der Waals surface area contributed by atoms with Crippen molar-refractivity contribution in [2.24, 2.45) is 5.92 Å². The van der Waals surface area contributed by atoms with Gasteiger partial charge in [0, 0.05) is 25.2 Å². The molecule has 2 rings (SSSR count). The normalized spacial score (nSPS) is 18.1. The Balaban J connectivity index is 1.92. The van der Waals surface area contributed by atoms with E-state index in [0.29, 0.717) is 25.2 Å². The number of likely N-dealkylation sites (tertiary alicyclic amines) is 1. The second-order valence-electron chi connectivity index (χ2n) is 4.76. The Hall–Kier alpha value is -1.63. The number of hydrogen-bond acceptors (Lipinski definition) is 2. The first-order chi connectivity index (χ1) is 9.45. The Bertz CT molecular complexity index is 538. The summed E-state index contributed by atoms with van der Waals surface area (Å²) in [6, 6.07) is 3.92. The molecule has 1 aromatic carbocycles. The average Bonchev–Trinajstić information content (AvgIpc) is 2.81. The fourth-order valence-corrected chi connectivity index (χ4v) is 2.59. The van der Waals surface area contributed by atoms with Gasteiger partial charge >= 0.3 is 12.0 Å². The number of nitrogens with zero attached hydrogens (tertiary/aromatic N) is 1. The minimum absolute atomic E-state index is 0.00166. The summed E-state index contributed by atoms with van der Waals surface area (Å²) < 4.78 is 13.4. The van der Waals surface area contributed by atoms with Crippen molar-refractivity contribution in [1.82, 2.24) is 4.90 Å². The van der Waals surface area contributed by atoms with Crippen LogP contribution in [0.4, 0.5) is 14.9 Å². The fraction of sp³-hybridized carbons (Fsp3) is 0.385. The number of aliphatic carboxylic acids is 1. The first kappa shape index (κ1) is 14.8. The molecule has 2 N–H and O–H groups in total. The highest BCUT2D eigenvalue weighted by molar-refractivity contribution is 9.10. The molecule has 1 aliphatic heterocycles. The highest BCUT2D eigenvalue weighted by Gasteiger charge is 2.27. The molecule has 1 aromatic rings. The summed E-state index contributed by atoms with van der Waals surface area (Å²) in [5.74, 6) is -1.25. The molecule has 1 heterocycles. The van der Waals surface area contributed by atoms with E-state index in [0.717, 1.165) is 0 Å². The van der Waals surface area contributed by atoms with Gasteiger partial charge in [-0.15, -0.1) is 0 Å². The van der Waals surface area contributed by atoms with E-state index >= 15 is 0 Å². The van der Waals surface area contributed by atoms with E-state index in [-0.39, 0.29) is 22.8 Å². The van der Waals surface area contributed by atoms with Crippen molar-refractivity contribution in [3.05, 3.63) is 28.5 Å². The zero-order chi connectivity index (χ0) is 14.7. The molecule has 0 bridgehead atoms. The summed E-state index contributed by atoms with van der Waals surface area (Å²) in [5.41, 5.74) is 0.491. The summed E-state index contributed by atoms with van der Waals surface area (Å²) in [5, 5.41) is 11.4. The van der Waals surface area contributed by atoms with Crippen molar-refractivity contribution in [2.45, 2.75) is 12.8 Å². The standard InChI is InChI=1S/C13H14BrFN2O3/c14-10-6-9(1-2-11(10)15)16-13(20)17-4-3-8(7-17)5-12(18)19/h1-2,6,8H,3-5,7H2,(H,16,20)(H,18,19). The maximum atomic E-state index is 13.1. The zero-order valence-corrected chi connectivity index (χ0v) is 12.2. The molecule has 0 spiro atoms. The van der Waals surface area contributed by atoms with Crippen LogP contribution < -0.4 is 5.32 Å². The molecule has 7 heteroatoms. The first-order valence-corrected chi connectivity index (χ1v) is 6.98. The maximum absolute atomic E-state index is 13.1. The molecule has 1 atom stereocenters. The Labute approximate surface area is 123 Å². The van der Waals surface area contributed by atoms with Gasteiger partial charge < -0.3 is 15.3 Å². The summed E-state index contributed by atoms with van der Waals surface area (Å²) in [6.45, 7) is 0.965. The van der Waals surface area contributed by atoms with Crippen molar-refractivity contribution in [2.75, 3.05) is 18.4 Å². The van der Waals surface area contributed by atoms with E-state index in [1.807, 2.05) is 0 Å². The van der Waals surface area contributed by atoms with Gasteiger partial charge in [0.05, 0.1) is 4.47 Å². The van der Waals surface area contributed by atoms with Gasteiger partial charge in [0.25, 0.3) is 0 Å². The molecule has 0 saturated carbocycles. The van der Waals surface area contributed by atoms with Crippen LogP contribution in [-0.4, -0.2) is 35.1 Å². The van der Waals surface area contributed by atoms with Gasteiger partial charge in [-0.1, -0.05) is 0 Å². The zero-order valence-electron chi connectivity index (χ0n) is 10.6. The van der Waals surface area contributed by atoms with Gasteiger partial charge in [0.1, 0.15) is 5.82 Å². The minimum Gasteiger partial charge on any atom is -0.481 e. The molecule has 1 aliphatic rings. The molecule has 0 aliphatic carbocycles. The molecule has 5 nitrogen and oxygen atoms in total. The lowest BCUT2D eigenvalue weighted by Gasteiger charge is -2.17. The Morgan fingerprint density at radius 2 is 2.25 bits per heavy atom. The van der Waals surface area contributed by atoms with Gasteiger partial charge in [0.15, 0.2) is 0 Å². The Morgan fingerprint density at radius 1 is 1.50 bits per heavy atom. The number of anilines is 1. The quantitative estimate of drug-likeness (QED) is 0.885. The van der Waals surface area contributed by atoms with E-state index in [2.05, 4.69) is 21.2 Å². The molecule has 1 fully saturated rings. The number of amides is 2. The molecule has 1 saturated heterocycles.